The van der Waals surface area contributed by atoms with Crippen molar-refractivity contribution in [2.75, 3.05) is 7.11 Å². The second-order valence-corrected chi connectivity index (χ2v) is 4.32. The number of rotatable bonds is 3. The molecule has 0 aliphatic carbocycles. The van der Waals surface area contributed by atoms with Crippen LogP contribution >= 0.6 is 11.6 Å². The fourth-order valence-corrected chi connectivity index (χ4v) is 2.11. The van der Waals surface area contributed by atoms with E-state index < -0.39 is 0 Å². The number of aromatic nitrogens is 2. The maximum absolute atomic E-state index is 11.1. The van der Waals surface area contributed by atoms with Crippen LogP contribution in [0.1, 0.15) is 16.3 Å². The molecule has 5 heteroatoms. The molecule has 1 heterocycles. The third-order valence-electron chi connectivity index (χ3n) is 2.89. The maximum Gasteiger partial charge on any atom is 0.170 e. The van der Waals surface area contributed by atoms with E-state index in [2.05, 4.69) is 4.98 Å². The third-order valence-corrected chi connectivity index (χ3v) is 3.20. The number of aryl methyl sites for hydroxylation is 1. The Labute approximate surface area is 110 Å². The summed E-state index contributed by atoms with van der Waals surface area (Å²) in [5.74, 6) is 1.44. The summed E-state index contributed by atoms with van der Waals surface area (Å²) in [5.41, 5.74) is 1.87. The highest BCUT2D eigenvalue weighted by atomic mass is 35.5. The van der Waals surface area contributed by atoms with Crippen molar-refractivity contribution in [2.45, 2.75) is 6.92 Å². The number of hydrogen-bond acceptors (Lipinski definition) is 3. The number of carbonyl (C=O) groups excluding carboxylic acids is 1. The van der Waals surface area contributed by atoms with Crippen LogP contribution in [-0.4, -0.2) is 22.9 Å². The molecule has 0 aliphatic heterocycles. The first kappa shape index (κ1) is 12.6. The molecule has 0 fully saturated rings. The Kier molecular flexibility index (Phi) is 3.39. The van der Waals surface area contributed by atoms with E-state index in [0.717, 1.165) is 23.4 Å². The van der Waals surface area contributed by atoms with Crippen molar-refractivity contribution in [1.82, 2.24) is 9.55 Å². The van der Waals surface area contributed by atoms with E-state index in [1.165, 1.54) is 0 Å². The first-order valence-corrected chi connectivity index (χ1v) is 5.78. The van der Waals surface area contributed by atoms with Gasteiger partial charge in [0.25, 0.3) is 0 Å². The Morgan fingerprint density at radius 1 is 1.44 bits per heavy atom. The van der Waals surface area contributed by atoms with Crippen LogP contribution in [0.4, 0.5) is 0 Å². The van der Waals surface area contributed by atoms with Crippen molar-refractivity contribution in [2.24, 2.45) is 7.05 Å². The lowest BCUT2D eigenvalue weighted by Crippen LogP contribution is -1.96. The molecule has 0 saturated carbocycles. The topological polar surface area (TPSA) is 44.1 Å². The van der Waals surface area contributed by atoms with Crippen molar-refractivity contribution >= 4 is 17.9 Å². The van der Waals surface area contributed by atoms with Crippen LogP contribution in [0.15, 0.2) is 18.2 Å². The highest BCUT2D eigenvalue weighted by Crippen LogP contribution is 2.32. The zero-order valence-electron chi connectivity index (χ0n) is 10.4. The molecule has 94 valence electrons. The second-order valence-electron chi connectivity index (χ2n) is 3.92. The number of benzene rings is 1. The lowest BCUT2D eigenvalue weighted by atomic mass is 10.1. The van der Waals surface area contributed by atoms with Crippen LogP contribution in [0.2, 0.25) is 5.02 Å². The number of hydrogen-bond donors (Lipinski definition) is 0. The van der Waals surface area contributed by atoms with Gasteiger partial charge in [0.1, 0.15) is 17.3 Å². The molecule has 0 saturated heterocycles. The molecular weight excluding hydrogens is 252 g/mol. The van der Waals surface area contributed by atoms with Crippen LogP contribution in [-0.2, 0) is 7.05 Å². The van der Waals surface area contributed by atoms with Gasteiger partial charge in [-0.1, -0.05) is 11.6 Å². The SMILES string of the molecule is COc1ccc(-c2c(C=O)nc(C)n2C)c(Cl)c1. The Morgan fingerprint density at radius 2 is 2.17 bits per heavy atom. The van der Waals surface area contributed by atoms with Gasteiger partial charge in [-0.3, -0.25) is 4.79 Å². The number of imidazole rings is 1. The van der Waals surface area contributed by atoms with Gasteiger partial charge in [0.05, 0.1) is 17.8 Å². The van der Waals surface area contributed by atoms with Gasteiger partial charge in [-0.25, -0.2) is 4.98 Å². The Morgan fingerprint density at radius 3 is 2.72 bits per heavy atom. The highest BCUT2D eigenvalue weighted by molar-refractivity contribution is 6.33. The summed E-state index contributed by atoms with van der Waals surface area (Å²) in [4.78, 5) is 15.3. The summed E-state index contributed by atoms with van der Waals surface area (Å²) in [7, 11) is 3.43. The largest absolute Gasteiger partial charge is 0.497 e. The van der Waals surface area contributed by atoms with Gasteiger partial charge in [0.2, 0.25) is 0 Å². The Bertz CT molecular complexity index is 605. The van der Waals surface area contributed by atoms with Crippen molar-refractivity contribution in [3.63, 3.8) is 0 Å². The summed E-state index contributed by atoms with van der Waals surface area (Å²) < 4.78 is 6.95. The minimum Gasteiger partial charge on any atom is -0.497 e. The first-order valence-electron chi connectivity index (χ1n) is 5.41. The number of methoxy groups -OCH3 is 1. The summed E-state index contributed by atoms with van der Waals surface area (Å²) in [6.45, 7) is 1.84. The minimum absolute atomic E-state index is 0.391. The van der Waals surface area contributed by atoms with Gasteiger partial charge >= 0.3 is 0 Å². The van der Waals surface area contributed by atoms with E-state index in [9.17, 15) is 4.79 Å². The van der Waals surface area contributed by atoms with Crippen LogP contribution in [0.5, 0.6) is 5.75 Å². The molecule has 0 atom stereocenters. The Balaban J connectivity index is 2.65. The molecule has 0 bridgehead atoms. The molecule has 0 N–H and O–H groups in total. The van der Waals surface area contributed by atoms with Crippen molar-refractivity contribution in [1.29, 1.82) is 0 Å². The maximum atomic E-state index is 11.1. The highest BCUT2D eigenvalue weighted by Gasteiger charge is 2.16. The quantitative estimate of drug-likeness (QED) is 0.801. The monoisotopic (exact) mass is 264 g/mol. The van der Waals surface area contributed by atoms with Crippen LogP contribution in [0, 0.1) is 6.92 Å². The Hall–Kier alpha value is -1.81. The molecule has 18 heavy (non-hydrogen) atoms. The zero-order chi connectivity index (χ0) is 13.3. The third kappa shape index (κ3) is 1.99. The van der Waals surface area contributed by atoms with Gasteiger partial charge in [-0.15, -0.1) is 0 Å². The fraction of sp³-hybridized carbons (Fsp3) is 0.231. The predicted octanol–water partition coefficient (Wildman–Crippen LogP) is 2.87. The van der Waals surface area contributed by atoms with Gasteiger partial charge < -0.3 is 9.30 Å². The molecule has 0 spiro atoms. The lowest BCUT2D eigenvalue weighted by Gasteiger charge is -2.08. The molecule has 1 aromatic carbocycles. The number of carbonyl (C=O) groups is 1. The van der Waals surface area contributed by atoms with Crippen LogP contribution in [0.3, 0.4) is 0 Å². The van der Waals surface area contributed by atoms with Crippen molar-refractivity contribution in [3.05, 3.63) is 34.7 Å². The average molecular weight is 265 g/mol. The van der Waals surface area contributed by atoms with Gasteiger partial charge in [-0.2, -0.15) is 0 Å². The molecule has 0 unspecified atom stereocenters. The predicted molar refractivity (Wildman–Crippen MR) is 70.3 cm³/mol. The molecule has 0 aliphatic rings. The zero-order valence-corrected chi connectivity index (χ0v) is 11.2. The molecule has 2 aromatic rings. The fourth-order valence-electron chi connectivity index (χ4n) is 1.85. The number of ether oxygens (including phenoxy) is 1. The smallest absolute Gasteiger partial charge is 0.170 e. The molecular formula is C13H13ClN2O2. The van der Waals surface area contributed by atoms with Gasteiger partial charge in [0, 0.05) is 12.6 Å². The summed E-state index contributed by atoms with van der Waals surface area (Å²) in [6, 6.07) is 5.34. The van der Waals surface area contributed by atoms with E-state index in [4.69, 9.17) is 16.3 Å². The summed E-state index contributed by atoms with van der Waals surface area (Å²) in [5, 5.41) is 0.528. The van der Waals surface area contributed by atoms with Gasteiger partial charge in [-0.05, 0) is 25.1 Å². The van der Waals surface area contributed by atoms with Crippen molar-refractivity contribution < 1.29 is 9.53 Å². The van der Waals surface area contributed by atoms with E-state index >= 15 is 0 Å². The van der Waals surface area contributed by atoms with Crippen LogP contribution < -0.4 is 4.74 Å². The normalized spacial score (nSPS) is 10.4. The van der Waals surface area contributed by atoms with E-state index in [1.54, 1.807) is 19.2 Å². The standard InChI is InChI=1S/C13H13ClN2O2/c1-8-15-12(7-17)13(16(8)2)10-5-4-9(18-3)6-11(10)14/h4-7H,1-3H3. The molecule has 4 nitrogen and oxygen atoms in total. The van der Waals surface area contributed by atoms with E-state index in [0.29, 0.717) is 16.5 Å². The summed E-state index contributed by atoms with van der Waals surface area (Å²) in [6.07, 6.45) is 0.739. The van der Waals surface area contributed by atoms with Crippen molar-refractivity contribution in [3.8, 4) is 17.0 Å². The van der Waals surface area contributed by atoms with E-state index in [1.807, 2.05) is 24.6 Å². The minimum atomic E-state index is 0.391. The van der Waals surface area contributed by atoms with Crippen LogP contribution in [0.25, 0.3) is 11.3 Å². The number of halogens is 1. The first-order chi connectivity index (χ1) is 8.58. The molecule has 1 aromatic heterocycles. The molecule has 0 amide bonds. The lowest BCUT2D eigenvalue weighted by molar-refractivity contribution is 0.112. The molecule has 0 radical (unpaired) electrons. The van der Waals surface area contributed by atoms with E-state index in [-0.39, 0.29) is 0 Å². The number of aldehydes is 1. The number of nitrogens with zero attached hydrogens (tertiary/aromatic N) is 2. The second kappa shape index (κ2) is 4.82. The summed E-state index contributed by atoms with van der Waals surface area (Å²) >= 11 is 6.22. The van der Waals surface area contributed by atoms with Gasteiger partial charge in [0.15, 0.2) is 6.29 Å². The molecule has 2 rings (SSSR count). The average Bonchev–Trinajstić information content (AvgIpc) is 2.65.